The number of carboxylic acid groups (broad SMARTS) is 1. The van der Waals surface area contributed by atoms with E-state index in [-0.39, 0.29) is 25.3 Å². The van der Waals surface area contributed by atoms with Crippen LogP contribution in [0.15, 0.2) is 40.8 Å². The lowest BCUT2D eigenvalue weighted by molar-refractivity contribution is -0.136. The molecule has 6 nitrogen and oxygen atoms in total. The van der Waals surface area contributed by atoms with Crippen molar-refractivity contribution >= 4 is 11.9 Å². The standard InChI is InChI=1S/C16H17NO5/c1-11-2-4-12(5-3-11)21-10-13-6-7-14(22-13)16(20)17-9-8-15(18)19/h2-7H,8-10H2,1H3,(H,17,20)(H,18,19). The molecule has 1 heterocycles. The van der Waals surface area contributed by atoms with E-state index < -0.39 is 11.9 Å². The van der Waals surface area contributed by atoms with Crippen LogP contribution in [0.3, 0.4) is 0 Å². The molecule has 2 N–H and O–H groups in total. The Hall–Kier alpha value is -2.76. The van der Waals surface area contributed by atoms with Gasteiger partial charge in [0.1, 0.15) is 18.1 Å². The molecule has 1 aromatic carbocycles. The summed E-state index contributed by atoms with van der Waals surface area (Å²) in [7, 11) is 0. The lowest BCUT2D eigenvalue weighted by atomic mass is 10.2. The minimum atomic E-state index is -0.966. The number of hydrogen-bond acceptors (Lipinski definition) is 4. The Labute approximate surface area is 127 Å². The number of aliphatic carboxylic acids is 1. The summed E-state index contributed by atoms with van der Waals surface area (Å²) in [6.45, 7) is 2.26. The fraction of sp³-hybridized carbons (Fsp3) is 0.250. The van der Waals surface area contributed by atoms with Crippen molar-refractivity contribution in [3.05, 3.63) is 53.5 Å². The second-order valence-electron chi connectivity index (χ2n) is 4.77. The van der Waals surface area contributed by atoms with E-state index in [0.717, 1.165) is 11.3 Å². The van der Waals surface area contributed by atoms with Gasteiger partial charge in [-0.15, -0.1) is 0 Å². The third-order valence-corrected chi connectivity index (χ3v) is 2.91. The molecule has 0 spiro atoms. The number of furan rings is 1. The maximum atomic E-state index is 11.7. The average molecular weight is 303 g/mol. The fourth-order valence-electron chi connectivity index (χ4n) is 1.74. The first-order chi connectivity index (χ1) is 10.5. The second-order valence-corrected chi connectivity index (χ2v) is 4.77. The van der Waals surface area contributed by atoms with Crippen LogP contribution in [0.4, 0.5) is 0 Å². The van der Waals surface area contributed by atoms with E-state index in [2.05, 4.69) is 5.32 Å². The first kappa shape index (κ1) is 15.6. The number of carbonyl (C=O) groups is 2. The Morgan fingerprint density at radius 3 is 2.59 bits per heavy atom. The van der Waals surface area contributed by atoms with Crippen molar-refractivity contribution in [2.75, 3.05) is 6.54 Å². The quantitative estimate of drug-likeness (QED) is 0.819. The van der Waals surface area contributed by atoms with Crippen molar-refractivity contribution in [1.29, 1.82) is 0 Å². The molecule has 1 aromatic heterocycles. The van der Waals surface area contributed by atoms with Crippen LogP contribution in [0.1, 0.15) is 28.3 Å². The monoisotopic (exact) mass is 303 g/mol. The molecule has 0 bridgehead atoms. The van der Waals surface area contributed by atoms with Gasteiger partial charge < -0.3 is 19.6 Å². The zero-order chi connectivity index (χ0) is 15.9. The van der Waals surface area contributed by atoms with E-state index in [1.54, 1.807) is 6.07 Å². The molecule has 0 radical (unpaired) electrons. The Bertz CT molecular complexity index is 645. The van der Waals surface area contributed by atoms with Crippen molar-refractivity contribution in [1.82, 2.24) is 5.32 Å². The topological polar surface area (TPSA) is 88.8 Å². The number of nitrogens with one attached hydrogen (secondary N) is 1. The number of hydrogen-bond donors (Lipinski definition) is 2. The molecule has 2 aromatic rings. The highest BCUT2D eigenvalue weighted by atomic mass is 16.5. The molecule has 1 amide bonds. The number of carboxylic acids is 1. The number of ether oxygens (including phenoxy) is 1. The van der Waals surface area contributed by atoms with Gasteiger partial charge >= 0.3 is 5.97 Å². The van der Waals surface area contributed by atoms with Gasteiger partial charge in [-0.3, -0.25) is 9.59 Å². The molecule has 0 aliphatic heterocycles. The van der Waals surface area contributed by atoms with Gasteiger partial charge in [-0.25, -0.2) is 0 Å². The Morgan fingerprint density at radius 1 is 1.18 bits per heavy atom. The van der Waals surface area contributed by atoms with Gasteiger partial charge in [-0.2, -0.15) is 0 Å². The van der Waals surface area contributed by atoms with Gasteiger partial charge in [-0.05, 0) is 31.2 Å². The van der Waals surface area contributed by atoms with Crippen LogP contribution in [0.25, 0.3) is 0 Å². The van der Waals surface area contributed by atoms with Gasteiger partial charge in [0.25, 0.3) is 5.91 Å². The summed E-state index contributed by atoms with van der Waals surface area (Å²) in [5, 5.41) is 11.0. The fourth-order valence-corrected chi connectivity index (χ4v) is 1.74. The maximum Gasteiger partial charge on any atom is 0.305 e. The van der Waals surface area contributed by atoms with Gasteiger partial charge in [0, 0.05) is 6.54 Å². The van der Waals surface area contributed by atoms with Gasteiger partial charge in [0.2, 0.25) is 0 Å². The molecule has 6 heteroatoms. The van der Waals surface area contributed by atoms with Crippen molar-refractivity contribution in [2.24, 2.45) is 0 Å². The molecular weight excluding hydrogens is 286 g/mol. The lowest BCUT2D eigenvalue weighted by Crippen LogP contribution is -2.25. The van der Waals surface area contributed by atoms with E-state index in [1.165, 1.54) is 6.07 Å². The average Bonchev–Trinajstić information content (AvgIpc) is 2.95. The first-order valence-corrected chi connectivity index (χ1v) is 6.83. The minimum Gasteiger partial charge on any atom is -0.486 e. The molecule has 0 aliphatic rings. The van der Waals surface area contributed by atoms with E-state index in [1.807, 2.05) is 31.2 Å². The molecule has 0 unspecified atom stereocenters. The maximum absolute atomic E-state index is 11.7. The molecule has 116 valence electrons. The third-order valence-electron chi connectivity index (χ3n) is 2.91. The summed E-state index contributed by atoms with van der Waals surface area (Å²) in [5.74, 6) is -0.0407. The highest BCUT2D eigenvalue weighted by Gasteiger charge is 2.11. The van der Waals surface area contributed by atoms with Crippen LogP contribution < -0.4 is 10.1 Å². The van der Waals surface area contributed by atoms with E-state index in [0.29, 0.717) is 5.76 Å². The number of carbonyl (C=O) groups excluding carboxylic acids is 1. The summed E-state index contributed by atoms with van der Waals surface area (Å²) in [6.07, 6.45) is -0.129. The smallest absolute Gasteiger partial charge is 0.305 e. The van der Waals surface area contributed by atoms with Gasteiger partial charge in [0.15, 0.2) is 5.76 Å². The summed E-state index contributed by atoms with van der Waals surface area (Å²) in [4.78, 5) is 22.1. The van der Waals surface area contributed by atoms with Crippen LogP contribution in [-0.2, 0) is 11.4 Å². The van der Waals surface area contributed by atoms with E-state index in [4.69, 9.17) is 14.3 Å². The summed E-state index contributed by atoms with van der Waals surface area (Å²) < 4.78 is 10.9. The van der Waals surface area contributed by atoms with Crippen LogP contribution >= 0.6 is 0 Å². The van der Waals surface area contributed by atoms with Crippen LogP contribution in [0.5, 0.6) is 5.75 Å². The zero-order valence-electron chi connectivity index (χ0n) is 12.2. The molecule has 2 rings (SSSR count). The van der Waals surface area contributed by atoms with Gasteiger partial charge in [0.05, 0.1) is 6.42 Å². The summed E-state index contributed by atoms with van der Waals surface area (Å²) in [5.41, 5.74) is 1.14. The SMILES string of the molecule is Cc1ccc(OCc2ccc(C(=O)NCCC(=O)O)o2)cc1. The largest absolute Gasteiger partial charge is 0.486 e. The molecular formula is C16H17NO5. The first-order valence-electron chi connectivity index (χ1n) is 6.83. The number of benzene rings is 1. The Kier molecular flexibility index (Phi) is 5.19. The molecule has 0 atom stereocenters. The van der Waals surface area contributed by atoms with Crippen LogP contribution in [0.2, 0.25) is 0 Å². The number of aryl methyl sites for hydroxylation is 1. The zero-order valence-corrected chi connectivity index (χ0v) is 12.2. The van der Waals surface area contributed by atoms with Gasteiger partial charge in [-0.1, -0.05) is 17.7 Å². The van der Waals surface area contributed by atoms with Crippen LogP contribution in [-0.4, -0.2) is 23.5 Å². The predicted molar refractivity (Wildman–Crippen MR) is 78.8 cm³/mol. The predicted octanol–water partition coefficient (Wildman–Crippen LogP) is 2.37. The third kappa shape index (κ3) is 4.66. The van der Waals surface area contributed by atoms with Crippen LogP contribution in [0, 0.1) is 6.92 Å². The highest BCUT2D eigenvalue weighted by molar-refractivity contribution is 5.91. The number of amides is 1. The van der Waals surface area contributed by atoms with E-state index in [9.17, 15) is 9.59 Å². The normalized spacial score (nSPS) is 10.2. The van der Waals surface area contributed by atoms with Crippen molar-refractivity contribution in [2.45, 2.75) is 20.0 Å². The molecule has 0 fully saturated rings. The molecule has 0 aliphatic carbocycles. The van der Waals surface area contributed by atoms with Crippen molar-refractivity contribution < 1.29 is 23.8 Å². The highest BCUT2D eigenvalue weighted by Crippen LogP contribution is 2.15. The Balaban J connectivity index is 1.84. The minimum absolute atomic E-state index is 0.0596. The molecule has 22 heavy (non-hydrogen) atoms. The molecule has 0 saturated heterocycles. The number of rotatable bonds is 7. The lowest BCUT2D eigenvalue weighted by Gasteiger charge is -2.04. The van der Waals surface area contributed by atoms with Crippen molar-refractivity contribution in [3.8, 4) is 5.75 Å². The summed E-state index contributed by atoms with van der Waals surface area (Å²) >= 11 is 0. The van der Waals surface area contributed by atoms with E-state index >= 15 is 0 Å². The Morgan fingerprint density at radius 2 is 1.91 bits per heavy atom. The summed E-state index contributed by atoms with van der Waals surface area (Å²) in [6, 6.07) is 10.8. The second kappa shape index (κ2) is 7.31. The van der Waals surface area contributed by atoms with Crippen molar-refractivity contribution in [3.63, 3.8) is 0 Å². The molecule has 0 saturated carbocycles.